The molecule has 4 heteroatoms. The Morgan fingerprint density at radius 2 is 1.78 bits per heavy atom. The molecule has 0 saturated heterocycles. The Morgan fingerprint density at radius 1 is 1.11 bits per heavy atom. The zero-order valence-electron chi connectivity index (χ0n) is 9.49. The summed E-state index contributed by atoms with van der Waals surface area (Å²) in [7, 11) is 0. The molecule has 0 unspecified atom stereocenters. The van der Waals surface area contributed by atoms with Crippen LogP contribution < -0.4 is 5.73 Å². The van der Waals surface area contributed by atoms with Gasteiger partial charge in [0.05, 0.1) is 11.4 Å². The van der Waals surface area contributed by atoms with E-state index in [0.717, 1.165) is 0 Å². The van der Waals surface area contributed by atoms with Gasteiger partial charge in [-0.1, -0.05) is 48.0 Å². The van der Waals surface area contributed by atoms with E-state index >= 15 is 0 Å². The average Bonchev–Trinajstić information content (AvgIpc) is 2.33. The SMILES string of the molecule is NC(=O)Cc1ccccc1-c1cccc(Cl)c1F. The van der Waals surface area contributed by atoms with Crippen molar-refractivity contribution in [1.29, 1.82) is 0 Å². The smallest absolute Gasteiger partial charge is 0.221 e. The van der Waals surface area contributed by atoms with E-state index in [2.05, 4.69) is 0 Å². The Balaban J connectivity index is 2.57. The first-order valence-corrected chi connectivity index (χ1v) is 5.78. The Kier molecular flexibility index (Phi) is 3.63. The lowest BCUT2D eigenvalue weighted by Gasteiger charge is -2.09. The van der Waals surface area contributed by atoms with Crippen LogP contribution in [0.15, 0.2) is 42.5 Å². The van der Waals surface area contributed by atoms with E-state index in [4.69, 9.17) is 17.3 Å². The molecule has 0 heterocycles. The molecule has 2 rings (SSSR count). The topological polar surface area (TPSA) is 43.1 Å². The lowest BCUT2D eigenvalue weighted by Crippen LogP contribution is -2.14. The number of halogens is 2. The normalized spacial score (nSPS) is 10.3. The summed E-state index contributed by atoms with van der Waals surface area (Å²) in [5.74, 6) is -0.944. The van der Waals surface area contributed by atoms with E-state index in [1.165, 1.54) is 6.07 Å². The van der Waals surface area contributed by atoms with E-state index < -0.39 is 11.7 Å². The van der Waals surface area contributed by atoms with Crippen LogP contribution in [0.4, 0.5) is 4.39 Å². The third kappa shape index (κ3) is 2.51. The molecule has 0 fully saturated rings. The molecule has 92 valence electrons. The van der Waals surface area contributed by atoms with Gasteiger partial charge in [0.2, 0.25) is 5.91 Å². The summed E-state index contributed by atoms with van der Waals surface area (Å²) < 4.78 is 14.0. The van der Waals surface area contributed by atoms with Crippen LogP contribution in [0.1, 0.15) is 5.56 Å². The van der Waals surface area contributed by atoms with Crippen LogP contribution in [0.3, 0.4) is 0 Å². The number of hydrogen-bond acceptors (Lipinski definition) is 1. The first-order chi connectivity index (χ1) is 8.59. The predicted octanol–water partition coefficient (Wildman–Crippen LogP) is 3.17. The van der Waals surface area contributed by atoms with Crippen LogP contribution in [0.5, 0.6) is 0 Å². The number of rotatable bonds is 3. The van der Waals surface area contributed by atoms with Gasteiger partial charge in [-0.25, -0.2) is 4.39 Å². The second-order valence-electron chi connectivity index (χ2n) is 3.90. The first kappa shape index (κ1) is 12.6. The van der Waals surface area contributed by atoms with E-state index in [9.17, 15) is 9.18 Å². The summed E-state index contributed by atoms with van der Waals surface area (Å²) in [5.41, 5.74) is 6.88. The molecule has 0 bridgehead atoms. The maximum atomic E-state index is 14.0. The summed E-state index contributed by atoms with van der Waals surface area (Å²) in [4.78, 5) is 11.0. The molecule has 0 aliphatic carbocycles. The van der Waals surface area contributed by atoms with E-state index in [1.54, 1.807) is 36.4 Å². The van der Waals surface area contributed by atoms with Crippen LogP contribution in [-0.2, 0) is 11.2 Å². The second-order valence-corrected chi connectivity index (χ2v) is 4.31. The summed E-state index contributed by atoms with van der Waals surface area (Å²) in [6, 6.07) is 11.8. The molecule has 2 nitrogen and oxygen atoms in total. The number of carbonyl (C=O) groups is 1. The van der Waals surface area contributed by atoms with Crippen molar-refractivity contribution in [2.24, 2.45) is 5.73 Å². The van der Waals surface area contributed by atoms with Gasteiger partial charge in [-0.05, 0) is 17.2 Å². The van der Waals surface area contributed by atoms with E-state index in [0.29, 0.717) is 16.7 Å². The maximum absolute atomic E-state index is 14.0. The number of nitrogens with two attached hydrogens (primary N) is 1. The molecule has 0 spiro atoms. The number of hydrogen-bond donors (Lipinski definition) is 1. The van der Waals surface area contributed by atoms with Gasteiger partial charge < -0.3 is 5.73 Å². The van der Waals surface area contributed by atoms with Gasteiger partial charge in [-0.2, -0.15) is 0 Å². The molecule has 0 aromatic heterocycles. The summed E-state index contributed by atoms with van der Waals surface area (Å²) in [6.07, 6.45) is 0.0716. The number of carbonyl (C=O) groups excluding carboxylic acids is 1. The van der Waals surface area contributed by atoms with Gasteiger partial charge in [0.1, 0.15) is 5.82 Å². The summed E-state index contributed by atoms with van der Waals surface area (Å²) in [5, 5.41) is 0.0568. The van der Waals surface area contributed by atoms with Crippen molar-refractivity contribution >= 4 is 17.5 Å². The third-order valence-corrected chi connectivity index (χ3v) is 2.92. The van der Waals surface area contributed by atoms with Gasteiger partial charge in [0.15, 0.2) is 0 Å². The van der Waals surface area contributed by atoms with Crippen LogP contribution in [0, 0.1) is 5.82 Å². The van der Waals surface area contributed by atoms with E-state index in [1.807, 2.05) is 0 Å². The summed E-state index contributed by atoms with van der Waals surface area (Å²) >= 11 is 5.76. The molecule has 0 aliphatic heterocycles. The Hall–Kier alpha value is -1.87. The highest BCUT2D eigenvalue weighted by molar-refractivity contribution is 6.31. The van der Waals surface area contributed by atoms with Crippen molar-refractivity contribution in [3.05, 3.63) is 58.9 Å². The van der Waals surface area contributed by atoms with Crippen LogP contribution in [-0.4, -0.2) is 5.91 Å². The number of benzene rings is 2. The van der Waals surface area contributed by atoms with Crippen molar-refractivity contribution < 1.29 is 9.18 Å². The molecular weight excluding hydrogens is 253 g/mol. The zero-order valence-corrected chi connectivity index (χ0v) is 10.2. The highest BCUT2D eigenvalue weighted by Gasteiger charge is 2.12. The fourth-order valence-electron chi connectivity index (χ4n) is 1.84. The molecule has 0 radical (unpaired) electrons. The molecule has 2 N–H and O–H groups in total. The number of primary amides is 1. The zero-order chi connectivity index (χ0) is 13.1. The van der Waals surface area contributed by atoms with Crippen molar-refractivity contribution in [3.63, 3.8) is 0 Å². The maximum Gasteiger partial charge on any atom is 0.221 e. The van der Waals surface area contributed by atoms with Crippen molar-refractivity contribution in [2.75, 3.05) is 0 Å². The minimum absolute atomic E-state index is 0.0568. The highest BCUT2D eigenvalue weighted by Crippen LogP contribution is 2.30. The van der Waals surface area contributed by atoms with Crippen molar-refractivity contribution in [1.82, 2.24) is 0 Å². The minimum atomic E-state index is -0.490. The lowest BCUT2D eigenvalue weighted by atomic mass is 9.97. The fourth-order valence-corrected chi connectivity index (χ4v) is 2.01. The van der Waals surface area contributed by atoms with Gasteiger partial charge in [0, 0.05) is 5.56 Å². The van der Waals surface area contributed by atoms with Crippen LogP contribution in [0.25, 0.3) is 11.1 Å². The van der Waals surface area contributed by atoms with Crippen LogP contribution in [0.2, 0.25) is 5.02 Å². The minimum Gasteiger partial charge on any atom is -0.369 e. The van der Waals surface area contributed by atoms with E-state index in [-0.39, 0.29) is 11.4 Å². The number of amides is 1. The molecule has 1 amide bonds. The van der Waals surface area contributed by atoms with Crippen molar-refractivity contribution in [2.45, 2.75) is 6.42 Å². The molecule has 0 aliphatic rings. The fraction of sp³-hybridized carbons (Fsp3) is 0.0714. The monoisotopic (exact) mass is 263 g/mol. The van der Waals surface area contributed by atoms with Gasteiger partial charge >= 0.3 is 0 Å². The van der Waals surface area contributed by atoms with Gasteiger partial charge in [-0.15, -0.1) is 0 Å². The molecule has 2 aromatic carbocycles. The molecule has 0 atom stereocenters. The average molecular weight is 264 g/mol. The quantitative estimate of drug-likeness (QED) is 0.908. The first-order valence-electron chi connectivity index (χ1n) is 5.40. The Labute approximate surface area is 109 Å². The molecule has 0 saturated carbocycles. The highest BCUT2D eigenvalue weighted by atomic mass is 35.5. The molecular formula is C14H11ClFNO. The Bertz CT molecular complexity index is 598. The van der Waals surface area contributed by atoms with Crippen LogP contribution >= 0.6 is 11.6 Å². The largest absolute Gasteiger partial charge is 0.369 e. The summed E-state index contributed by atoms with van der Waals surface area (Å²) in [6.45, 7) is 0. The lowest BCUT2D eigenvalue weighted by molar-refractivity contribution is -0.117. The standard InChI is InChI=1S/C14H11ClFNO/c15-12-7-3-6-11(14(12)16)10-5-2-1-4-9(10)8-13(17)18/h1-7H,8H2,(H2,17,18). The van der Waals surface area contributed by atoms with Crippen molar-refractivity contribution in [3.8, 4) is 11.1 Å². The van der Waals surface area contributed by atoms with Gasteiger partial charge in [-0.3, -0.25) is 4.79 Å². The Morgan fingerprint density at radius 3 is 2.50 bits per heavy atom. The second kappa shape index (κ2) is 5.19. The molecule has 2 aromatic rings. The predicted molar refractivity (Wildman–Crippen MR) is 69.7 cm³/mol. The molecule has 18 heavy (non-hydrogen) atoms. The third-order valence-electron chi connectivity index (χ3n) is 2.62. The van der Waals surface area contributed by atoms with Gasteiger partial charge in [0.25, 0.3) is 0 Å².